The van der Waals surface area contributed by atoms with Crippen molar-refractivity contribution in [3.05, 3.63) is 64.6 Å². The molecule has 0 radical (unpaired) electrons. The zero-order chi connectivity index (χ0) is 21.4. The molecule has 1 fully saturated rings. The van der Waals surface area contributed by atoms with Crippen LogP contribution in [0.1, 0.15) is 18.4 Å². The molecule has 5 rings (SSSR count). The second-order valence-corrected chi connectivity index (χ2v) is 8.42. The fraction of sp³-hybridized carbons (Fsp3) is 0.360. The van der Waals surface area contributed by atoms with Gasteiger partial charge in [-0.1, -0.05) is 30.3 Å². The average molecular weight is 418 g/mol. The number of nitrogens with zero attached hydrogens (tertiary/aromatic N) is 3. The van der Waals surface area contributed by atoms with Crippen molar-refractivity contribution in [1.29, 1.82) is 0 Å². The molecule has 6 heteroatoms. The van der Waals surface area contributed by atoms with Crippen LogP contribution in [0.4, 0.5) is 5.69 Å². The molecule has 1 unspecified atom stereocenters. The molecule has 6 nitrogen and oxygen atoms in total. The largest absolute Gasteiger partial charge is 0.475 e. The molecule has 0 saturated carbocycles. The van der Waals surface area contributed by atoms with E-state index in [4.69, 9.17) is 9.47 Å². The predicted molar refractivity (Wildman–Crippen MR) is 122 cm³/mol. The number of benzene rings is 2. The topological polar surface area (TPSA) is 56.6 Å². The van der Waals surface area contributed by atoms with Crippen molar-refractivity contribution in [3.63, 3.8) is 0 Å². The van der Waals surface area contributed by atoms with Crippen LogP contribution in [0.25, 0.3) is 22.4 Å². The van der Waals surface area contributed by atoms with Gasteiger partial charge in [-0.05, 0) is 48.1 Å². The molecule has 3 heterocycles. The first kappa shape index (κ1) is 19.8. The lowest BCUT2D eigenvalue weighted by Gasteiger charge is -2.23. The van der Waals surface area contributed by atoms with Crippen LogP contribution in [0, 0.1) is 0 Å². The van der Waals surface area contributed by atoms with Crippen LogP contribution in [-0.4, -0.2) is 43.0 Å². The molecule has 0 spiro atoms. The van der Waals surface area contributed by atoms with Crippen molar-refractivity contribution in [2.45, 2.75) is 31.9 Å². The van der Waals surface area contributed by atoms with Crippen molar-refractivity contribution >= 4 is 5.69 Å². The Morgan fingerprint density at radius 2 is 1.94 bits per heavy atom. The van der Waals surface area contributed by atoms with Crippen LogP contribution < -0.4 is 15.3 Å². The van der Waals surface area contributed by atoms with E-state index in [0.29, 0.717) is 19.0 Å². The van der Waals surface area contributed by atoms with Gasteiger partial charge in [0.25, 0.3) is 0 Å². The Labute approximate surface area is 182 Å². The standard InChI is InChI=1S/C25H27N3O3/c1-27(2)20-8-5-17(6-9-20)18-7-10-22-19(14-18)11-12-28-23(22)15-24(26-25(28)29)31-16-21-4-3-13-30-21/h5-10,14-15,21H,3-4,11-13,16H2,1-2H3. The number of fused-ring (bicyclic) bond motifs is 3. The van der Waals surface area contributed by atoms with E-state index in [0.717, 1.165) is 37.1 Å². The lowest BCUT2D eigenvalue weighted by molar-refractivity contribution is 0.0661. The molecule has 2 aliphatic rings. The summed E-state index contributed by atoms with van der Waals surface area (Å²) in [5, 5.41) is 0. The molecule has 160 valence electrons. The van der Waals surface area contributed by atoms with Gasteiger partial charge in [-0.3, -0.25) is 4.57 Å². The summed E-state index contributed by atoms with van der Waals surface area (Å²) in [7, 11) is 4.09. The van der Waals surface area contributed by atoms with Crippen LogP contribution >= 0.6 is 0 Å². The monoisotopic (exact) mass is 417 g/mol. The van der Waals surface area contributed by atoms with Crippen molar-refractivity contribution in [2.75, 3.05) is 32.2 Å². The number of anilines is 1. The van der Waals surface area contributed by atoms with Gasteiger partial charge in [0.05, 0.1) is 11.8 Å². The van der Waals surface area contributed by atoms with Crippen molar-refractivity contribution in [2.24, 2.45) is 0 Å². The number of aromatic nitrogens is 2. The number of ether oxygens (including phenoxy) is 2. The van der Waals surface area contributed by atoms with Crippen LogP contribution in [0.5, 0.6) is 5.88 Å². The van der Waals surface area contributed by atoms with Gasteiger partial charge < -0.3 is 14.4 Å². The Hall–Kier alpha value is -3.12. The Bertz CT molecular complexity index is 1150. The highest BCUT2D eigenvalue weighted by molar-refractivity contribution is 5.74. The number of rotatable bonds is 5. The Morgan fingerprint density at radius 3 is 2.68 bits per heavy atom. The summed E-state index contributed by atoms with van der Waals surface area (Å²) >= 11 is 0. The van der Waals surface area contributed by atoms with Crippen molar-refractivity contribution in [3.8, 4) is 28.3 Å². The zero-order valence-corrected chi connectivity index (χ0v) is 18.0. The first-order valence-electron chi connectivity index (χ1n) is 10.9. The van der Waals surface area contributed by atoms with Gasteiger partial charge in [-0.25, -0.2) is 4.79 Å². The molecule has 0 bridgehead atoms. The fourth-order valence-corrected chi connectivity index (χ4v) is 4.37. The van der Waals surface area contributed by atoms with Gasteiger partial charge in [-0.15, -0.1) is 0 Å². The van der Waals surface area contributed by atoms with Crippen molar-refractivity contribution in [1.82, 2.24) is 9.55 Å². The van der Waals surface area contributed by atoms with Crippen LogP contribution in [-0.2, 0) is 17.7 Å². The van der Waals surface area contributed by atoms with E-state index in [1.807, 2.05) is 20.2 Å². The minimum absolute atomic E-state index is 0.0920. The van der Waals surface area contributed by atoms with E-state index >= 15 is 0 Å². The number of hydrogen-bond acceptors (Lipinski definition) is 5. The molecule has 1 atom stereocenters. The van der Waals surface area contributed by atoms with Gasteiger partial charge in [0.2, 0.25) is 5.88 Å². The van der Waals surface area contributed by atoms with E-state index in [9.17, 15) is 4.79 Å². The molecular formula is C25H27N3O3. The minimum Gasteiger partial charge on any atom is -0.475 e. The molecule has 0 aliphatic carbocycles. The second-order valence-electron chi connectivity index (χ2n) is 8.42. The maximum Gasteiger partial charge on any atom is 0.351 e. The maximum absolute atomic E-state index is 12.6. The van der Waals surface area contributed by atoms with Crippen LogP contribution in [0.15, 0.2) is 53.3 Å². The van der Waals surface area contributed by atoms with Gasteiger partial charge in [0, 0.05) is 44.6 Å². The smallest absolute Gasteiger partial charge is 0.351 e. The summed E-state index contributed by atoms with van der Waals surface area (Å²) in [4.78, 5) is 18.8. The summed E-state index contributed by atoms with van der Waals surface area (Å²) in [5.74, 6) is 0.378. The van der Waals surface area contributed by atoms with Gasteiger partial charge in [-0.2, -0.15) is 4.98 Å². The second kappa shape index (κ2) is 8.19. The zero-order valence-electron chi connectivity index (χ0n) is 18.0. The predicted octanol–water partition coefficient (Wildman–Crippen LogP) is 3.76. The number of aryl methyl sites for hydroxylation is 1. The van der Waals surface area contributed by atoms with Gasteiger partial charge >= 0.3 is 5.69 Å². The Balaban J connectivity index is 1.44. The first-order chi connectivity index (χ1) is 15.1. The first-order valence-corrected chi connectivity index (χ1v) is 10.9. The quantitative estimate of drug-likeness (QED) is 0.633. The molecule has 1 saturated heterocycles. The highest BCUT2D eigenvalue weighted by atomic mass is 16.5. The summed E-state index contributed by atoms with van der Waals surface area (Å²) in [5.41, 5.74) is 6.48. The molecule has 31 heavy (non-hydrogen) atoms. The molecule has 0 N–H and O–H groups in total. The SMILES string of the molecule is CN(C)c1ccc(-c2ccc3c(c2)CCn2c-3cc(OCC3CCCO3)nc2=O)cc1. The normalized spacial score (nSPS) is 17.2. The lowest BCUT2D eigenvalue weighted by Crippen LogP contribution is -2.29. The molecule has 2 aliphatic heterocycles. The molecule has 1 aromatic heterocycles. The van der Waals surface area contributed by atoms with Crippen LogP contribution in [0.3, 0.4) is 0 Å². The number of hydrogen-bond donors (Lipinski definition) is 0. The highest BCUT2D eigenvalue weighted by Crippen LogP contribution is 2.33. The third-order valence-corrected chi connectivity index (χ3v) is 6.13. The molecule has 2 aromatic carbocycles. The van der Waals surface area contributed by atoms with Crippen molar-refractivity contribution < 1.29 is 9.47 Å². The summed E-state index contributed by atoms with van der Waals surface area (Å²) in [6.45, 7) is 1.84. The molecular weight excluding hydrogens is 390 g/mol. The lowest BCUT2D eigenvalue weighted by atomic mass is 9.93. The van der Waals surface area contributed by atoms with E-state index in [2.05, 4.69) is 52.3 Å². The summed E-state index contributed by atoms with van der Waals surface area (Å²) < 4.78 is 13.2. The molecule has 0 amide bonds. The van der Waals surface area contributed by atoms with E-state index in [1.165, 1.54) is 22.4 Å². The highest BCUT2D eigenvalue weighted by Gasteiger charge is 2.21. The maximum atomic E-state index is 12.6. The molecule has 3 aromatic rings. The Kier molecular flexibility index (Phi) is 5.24. The van der Waals surface area contributed by atoms with E-state index in [-0.39, 0.29) is 11.8 Å². The summed E-state index contributed by atoms with van der Waals surface area (Å²) in [6, 6.07) is 16.9. The minimum atomic E-state index is -0.256. The third-order valence-electron chi connectivity index (χ3n) is 6.13. The average Bonchev–Trinajstić information content (AvgIpc) is 3.31. The van der Waals surface area contributed by atoms with Gasteiger partial charge in [0.1, 0.15) is 6.61 Å². The van der Waals surface area contributed by atoms with Crippen LogP contribution in [0.2, 0.25) is 0 Å². The van der Waals surface area contributed by atoms with Gasteiger partial charge in [0.15, 0.2) is 0 Å². The fourth-order valence-electron chi connectivity index (χ4n) is 4.37. The van der Waals surface area contributed by atoms with E-state index < -0.39 is 0 Å². The summed E-state index contributed by atoms with van der Waals surface area (Å²) in [6.07, 6.45) is 2.95. The Morgan fingerprint density at radius 1 is 1.13 bits per heavy atom. The third kappa shape index (κ3) is 3.95. The van der Waals surface area contributed by atoms with E-state index in [1.54, 1.807) is 4.57 Å².